The summed E-state index contributed by atoms with van der Waals surface area (Å²) in [6.07, 6.45) is 1.30. The summed E-state index contributed by atoms with van der Waals surface area (Å²) in [6.45, 7) is 0.230. The number of imide groups is 2. The van der Waals surface area contributed by atoms with Crippen LogP contribution in [-0.2, 0) is 16.2 Å². The van der Waals surface area contributed by atoms with Crippen LogP contribution in [0.2, 0.25) is 10.0 Å². The molecular weight excluding hydrogens is 615 g/mol. The van der Waals surface area contributed by atoms with Gasteiger partial charge in [-0.25, -0.2) is 9.69 Å². The molecule has 4 amide bonds. The van der Waals surface area contributed by atoms with Crippen LogP contribution in [0.15, 0.2) is 58.6 Å². The first-order valence-electron chi connectivity index (χ1n) is 11.2. The lowest BCUT2D eigenvalue weighted by Crippen LogP contribution is -2.54. The average molecular weight is 636 g/mol. The summed E-state index contributed by atoms with van der Waals surface area (Å²) in [7, 11) is 4.17. The molecule has 0 atom stereocenters. The second-order valence-corrected chi connectivity index (χ2v) is 9.80. The number of carbonyl (C=O) groups is 3. The van der Waals surface area contributed by atoms with Gasteiger partial charge in [0.25, 0.3) is 11.8 Å². The van der Waals surface area contributed by atoms with E-state index in [9.17, 15) is 14.4 Å². The van der Waals surface area contributed by atoms with Crippen molar-refractivity contribution in [3.8, 4) is 23.0 Å². The van der Waals surface area contributed by atoms with Crippen LogP contribution >= 0.6 is 39.1 Å². The zero-order valence-electron chi connectivity index (χ0n) is 20.8. The molecule has 0 unspecified atom stereocenters. The van der Waals surface area contributed by atoms with E-state index < -0.39 is 17.8 Å². The second kappa shape index (κ2) is 12.0. The van der Waals surface area contributed by atoms with E-state index in [0.29, 0.717) is 11.3 Å². The number of nitrogens with one attached hydrogen (secondary N) is 1. The van der Waals surface area contributed by atoms with E-state index in [1.165, 1.54) is 45.6 Å². The molecular formula is C27H21BrCl2N2O7. The quantitative estimate of drug-likeness (QED) is 0.238. The monoisotopic (exact) mass is 634 g/mol. The van der Waals surface area contributed by atoms with Crippen molar-refractivity contribution < 1.29 is 33.3 Å². The van der Waals surface area contributed by atoms with E-state index in [-0.39, 0.29) is 45.2 Å². The minimum atomic E-state index is -0.961. The van der Waals surface area contributed by atoms with Crippen LogP contribution in [0.4, 0.5) is 10.5 Å². The molecule has 3 aromatic rings. The van der Waals surface area contributed by atoms with Crippen LogP contribution in [0.3, 0.4) is 0 Å². The topological polar surface area (TPSA) is 103 Å². The van der Waals surface area contributed by atoms with Crippen molar-refractivity contribution in [2.75, 3.05) is 26.2 Å². The molecule has 1 aliphatic heterocycles. The molecule has 0 saturated carbocycles. The molecule has 1 aliphatic rings. The Balaban J connectivity index is 1.68. The number of barbiturate groups is 1. The van der Waals surface area contributed by atoms with Crippen LogP contribution in [0.25, 0.3) is 6.08 Å². The van der Waals surface area contributed by atoms with Crippen molar-refractivity contribution in [2.24, 2.45) is 0 Å². The van der Waals surface area contributed by atoms with Crippen LogP contribution in [-0.4, -0.2) is 39.2 Å². The predicted octanol–water partition coefficient (Wildman–Crippen LogP) is 6.03. The standard InChI is InChI=1S/C27H21BrCl2N2O7/c1-36-21-12-20(22(37-2)11-18(21)29)32-26(34)17(25(33)31-27(32)35)8-15-9-19(30)24(23(10-15)38-3)39-13-14-4-6-16(28)7-5-14/h4-12H,13H2,1-3H3,(H,31,33,35)/b17-8+. The van der Waals surface area contributed by atoms with Gasteiger partial charge in [0.15, 0.2) is 11.5 Å². The number of ether oxygens (including phenoxy) is 4. The highest BCUT2D eigenvalue weighted by Gasteiger charge is 2.38. The van der Waals surface area contributed by atoms with Gasteiger partial charge in [0, 0.05) is 16.6 Å². The van der Waals surface area contributed by atoms with Gasteiger partial charge in [0.05, 0.1) is 37.1 Å². The third-order valence-corrected chi connectivity index (χ3v) is 6.76. The van der Waals surface area contributed by atoms with Gasteiger partial charge in [-0.3, -0.25) is 14.9 Å². The highest BCUT2D eigenvalue weighted by molar-refractivity contribution is 9.10. The molecule has 1 heterocycles. The van der Waals surface area contributed by atoms with Gasteiger partial charge in [0.2, 0.25) is 0 Å². The first-order valence-corrected chi connectivity index (χ1v) is 12.8. The Hall–Kier alpha value is -3.73. The minimum absolute atomic E-state index is 0.0342. The maximum Gasteiger partial charge on any atom is 0.336 e. The van der Waals surface area contributed by atoms with Gasteiger partial charge in [0.1, 0.15) is 23.7 Å². The molecule has 0 aliphatic carbocycles. The molecule has 1 fully saturated rings. The van der Waals surface area contributed by atoms with E-state index in [1.807, 2.05) is 24.3 Å². The fraction of sp³-hybridized carbons (Fsp3) is 0.148. The van der Waals surface area contributed by atoms with Gasteiger partial charge in [-0.1, -0.05) is 51.3 Å². The molecule has 202 valence electrons. The van der Waals surface area contributed by atoms with Gasteiger partial charge in [-0.2, -0.15) is 0 Å². The maximum absolute atomic E-state index is 13.4. The van der Waals surface area contributed by atoms with E-state index >= 15 is 0 Å². The Bertz CT molecular complexity index is 1490. The zero-order chi connectivity index (χ0) is 28.3. The van der Waals surface area contributed by atoms with Crippen LogP contribution in [0.5, 0.6) is 23.0 Å². The number of hydrogen-bond acceptors (Lipinski definition) is 7. The zero-order valence-corrected chi connectivity index (χ0v) is 23.9. The van der Waals surface area contributed by atoms with Crippen molar-refractivity contribution in [1.82, 2.24) is 5.32 Å². The number of anilines is 1. The number of benzene rings is 3. The summed E-state index contributed by atoms with van der Waals surface area (Å²) >= 11 is 16.0. The van der Waals surface area contributed by atoms with Crippen molar-refractivity contribution in [3.63, 3.8) is 0 Å². The van der Waals surface area contributed by atoms with Crippen molar-refractivity contribution >= 4 is 68.7 Å². The van der Waals surface area contributed by atoms with Gasteiger partial charge >= 0.3 is 6.03 Å². The molecule has 4 rings (SSSR count). The first-order chi connectivity index (χ1) is 18.7. The summed E-state index contributed by atoms with van der Waals surface area (Å²) in [5.74, 6) is -0.879. The largest absolute Gasteiger partial charge is 0.495 e. The van der Waals surface area contributed by atoms with E-state index in [2.05, 4.69) is 21.2 Å². The molecule has 3 aromatic carbocycles. The lowest BCUT2D eigenvalue weighted by molar-refractivity contribution is -0.122. The molecule has 0 spiro atoms. The Kier molecular flexibility index (Phi) is 8.69. The summed E-state index contributed by atoms with van der Waals surface area (Å²) in [4.78, 5) is 39.6. The lowest BCUT2D eigenvalue weighted by atomic mass is 10.1. The maximum atomic E-state index is 13.4. The summed E-state index contributed by atoms with van der Waals surface area (Å²) in [5.41, 5.74) is 0.978. The van der Waals surface area contributed by atoms with Gasteiger partial charge in [-0.15, -0.1) is 0 Å². The molecule has 1 N–H and O–H groups in total. The van der Waals surface area contributed by atoms with Crippen molar-refractivity contribution in [3.05, 3.63) is 79.7 Å². The third kappa shape index (κ3) is 5.98. The Morgan fingerprint density at radius 2 is 1.54 bits per heavy atom. The minimum Gasteiger partial charge on any atom is -0.495 e. The Morgan fingerprint density at radius 1 is 0.872 bits per heavy atom. The molecule has 0 aromatic heterocycles. The SMILES string of the molecule is COc1cc(N2C(=O)NC(=O)/C(=C\c3cc(Cl)c(OCc4ccc(Br)cc4)c(OC)c3)C2=O)c(OC)cc1Cl. The molecule has 9 nitrogen and oxygen atoms in total. The first kappa shape index (κ1) is 28.3. The molecule has 1 saturated heterocycles. The van der Waals surface area contributed by atoms with E-state index in [1.54, 1.807) is 6.07 Å². The Morgan fingerprint density at radius 3 is 2.18 bits per heavy atom. The number of methoxy groups -OCH3 is 3. The average Bonchev–Trinajstić information content (AvgIpc) is 2.91. The number of hydrogen-bond donors (Lipinski definition) is 1. The predicted molar refractivity (Wildman–Crippen MR) is 150 cm³/mol. The number of halogens is 3. The number of nitrogens with zero attached hydrogens (tertiary/aromatic N) is 1. The second-order valence-electron chi connectivity index (χ2n) is 8.07. The van der Waals surface area contributed by atoms with E-state index in [0.717, 1.165) is 14.9 Å². The summed E-state index contributed by atoms with van der Waals surface area (Å²) in [5, 5.41) is 2.57. The highest BCUT2D eigenvalue weighted by atomic mass is 79.9. The van der Waals surface area contributed by atoms with Crippen molar-refractivity contribution in [1.29, 1.82) is 0 Å². The third-order valence-electron chi connectivity index (χ3n) is 5.66. The smallest absolute Gasteiger partial charge is 0.336 e. The molecule has 0 radical (unpaired) electrons. The summed E-state index contributed by atoms with van der Waals surface area (Å²) in [6, 6.07) is 12.5. The molecule has 39 heavy (non-hydrogen) atoms. The van der Waals surface area contributed by atoms with Crippen LogP contribution in [0, 0.1) is 0 Å². The molecule has 12 heteroatoms. The Labute approximate surface area is 242 Å². The van der Waals surface area contributed by atoms with E-state index in [4.69, 9.17) is 42.1 Å². The normalized spacial score (nSPS) is 14.4. The lowest BCUT2D eigenvalue weighted by Gasteiger charge is -2.28. The number of amides is 4. The van der Waals surface area contributed by atoms with Crippen LogP contribution < -0.4 is 29.2 Å². The highest BCUT2D eigenvalue weighted by Crippen LogP contribution is 2.40. The number of urea groups is 1. The number of carbonyl (C=O) groups excluding carboxylic acids is 3. The fourth-order valence-electron chi connectivity index (χ4n) is 3.76. The van der Waals surface area contributed by atoms with Crippen LogP contribution in [0.1, 0.15) is 11.1 Å². The summed E-state index contributed by atoms with van der Waals surface area (Å²) < 4.78 is 22.8. The fourth-order valence-corrected chi connectivity index (χ4v) is 4.53. The van der Waals surface area contributed by atoms with Crippen molar-refractivity contribution in [2.45, 2.75) is 6.61 Å². The molecule has 0 bridgehead atoms. The number of rotatable bonds is 8. The van der Waals surface area contributed by atoms with Gasteiger partial charge < -0.3 is 18.9 Å². The van der Waals surface area contributed by atoms with Gasteiger partial charge in [-0.05, 0) is 41.5 Å².